The molecular formula is C13H15BrN2O3. The zero-order valence-electron chi connectivity index (χ0n) is 10.7. The van der Waals surface area contributed by atoms with E-state index in [4.69, 9.17) is 5.11 Å². The fraction of sp³-hybridized carbons (Fsp3) is 0.385. The van der Waals surface area contributed by atoms with Gasteiger partial charge in [0.15, 0.2) is 0 Å². The molecule has 0 aromatic heterocycles. The summed E-state index contributed by atoms with van der Waals surface area (Å²) in [5, 5.41) is 14.4. The quantitative estimate of drug-likeness (QED) is 0.798. The van der Waals surface area contributed by atoms with Crippen LogP contribution in [0.5, 0.6) is 0 Å². The summed E-state index contributed by atoms with van der Waals surface area (Å²) in [4.78, 5) is 22.7. The second kappa shape index (κ2) is 4.85. The molecule has 2 rings (SSSR count). The predicted molar refractivity (Wildman–Crippen MR) is 75.4 cm³/mol. The van der Waals surface area contributed by atoms with Crippen molar-refractivity contribution in [2.45, 2.75) is 26.3 Å². The van der Waals surface area contributed by atoms with Gasteiger partial charge in [-0.2, -0.15) is 0 Å². The van der Waals surface area contributed by atoms with Crippen LogP contribution in [0.4, 0.5) is 10.5 Å². The van der Waals surface area contributed by atoms with Crippen molar-refractivity contribution in [3.63, 3.8) is 0 Å². The number of carboxylic acid groups (broad SMARTS) is 1. The molecule has 0 heterocycles. The van der Waals surface area contributed by atoms with Crippen LogP contribution in [-0.2, 0) is 0 Å². The van der Waals surface area contributed by atoms with Gasteiger partial charge in [0.2, 0.25) is 0 Å². The van der Waals surface area contributed by atoms with Gasteiger partial charge in [0.05, 0.1) is 5.56 Å². The minimum Gasteiger partial charge on any atom is -0.478 e. The molecule has 1 aromatic rings. The van der Waals surface area contributed by atoms with Crippen LogP contribution in [0.15, 0.2) is 22.7 Å². The number of carbonyl (C=O) groups excluding carboxylic acids is 1. The fourth-order valence-corrected chi connectivity index (χ4v) is 2.32. The minimum atomic E-state index is -1.03. The molecule has 102 valence electrons. The monoisotopic (exact) mass is 326 g/mol. The lowest BCUT2D eigenvalue weighted by molar-refractivity contribution is 0.0697. The maximum absolute atomic E-state index is 11.8. The maximum atomic E-state index is 11.8. The van der Waals surface area contributed by atoms with Crippen LogP contribution in [0.1, 0.15) is 30.6 Å². The third-order valence-corrected chi connectivity index (χ3v) is 3.68. The number of halogens is 1. The Morgan fingerprint density at radius 3 is 2.53 bits per heavy atom. The highest BCUT2D eigenvalue weighted by Gasteiger charge is 2.46. The van der Waals surface area contributed by atoms with Crippen LogP contribution in [0.2, 0.25) is 0 Å². The first-order chi connectivity index (χ1) is 8.78. The molecule has 0 bridgehead atoms. The van der Waals surface area contributed by atoms with Crippen molar-refractivity contribution in [1.29, 1.82) is 0 Å². The van der Waals surface area contributed by atoms with Crippen LogP contribution in [0.3, 0.4) is 0 Å². The van der Waals surface area contributed by atoms with Gasteiger partial charge in [-0.3, -0.25) is 0 Å². The Bertz CT molecular complexity index is 543. The number of benzene rings is 1. The molecule has 1 aromatic carbocycles. The van der Waals surface area contributed by atoms with Gasteiger partial charge in [0.25, 0.3) is 0 Å². The van der Waals surface area contributed by atoms with Crippen LogP contribution in [0.25, 0.3) is 0 Å². The van der Waals surface area contributed by atoms with E-state index in [0.717, 1.165) is 6.42 Å². The van der Waals surface area contributed by atoms with Crippen molar-refractivity contribution in [2.24, 2.45) is 5.41 Å². The van der Waals surface area contributed by atoms with E-state index in [-0.39, 0.29) is 23.1 Å². The smallest absolute Gasteiger partial charge is 0.335 e. The summed E-state index contributed by atoms with van der Waals surface area (Å²) in [7, 11) is 0. The largest absolute Gasteiger partial charge is 0.478 e. The number of anilines is 1. The van der Waals surface area contributed by atoms with Gasteiger partial charge < -0.3 is 15.7 Å². The van der Waals surface area contributed by atoms with Crippen molar-refractivity contribution < 1.29 is 14.7 Å². The molecule has 5 nitrogen and oxygen atoms in total. The third-order valence-electron chi connectivity index (χ3n) is 3.22. The second-order valence-corrected chi connectivity index (χ2v) is 6.29. The van der Waals surface area contributed by atoms with Gasteiger partial charge in [-0.25, -0.2) is 9.59 Å². The van der Waals surface area contributed by atoms with E-state index in [1.165, 1.54) is 12.1 Å². The van der Waals surface area contributed by atoms with Crippen molar-refractivity contribution in [1.82, 2.24) is 5.32 Å². The lowest BCUT2D eigenvalue weighted by Gasteiger charge is -2.10. The summed E-state index contributed by atoms with van der Waals surface area (Å²) in [6, 6.07) is 4.42. The molecule has 1 fully saturated rings. The van der Waals surface area contributed by atoms with E-state index in [9.17, 15) is 9.59 Å². The third kappa shape index (κ3) is 3.47. The number of amides is 2. The van der Waals surface area contributed by atoms with Crippen LogP contribution in [-0.4, -0.2) is 23.1 Å². The van der Waals surface area contributed by atoms with Gasteiger partial charge >= 0.3 is 12.0 Å². The molecular weight excluding hydrogens is 312 g/mol. The van der Waals surface area contributed by atoms with Gasteiger partial charge in [0.1, 0.15) is 0 Å². The van der Waals surface area contributed by atoms with Crippen molar-refractivity contribution >= 4 is 33.6 Å². The zero-order valence-corrected chi connectivity index (χ0v) is 12.2. The predicted octanol–water partition coefficient (Wildman–Crippen LogP) is 3.07. The summed E-state index contributed by atoms with van der Waals surface area (Å²) >= 11 is 3.22. The Kier molecular flexibility index (Phi) is 3.54. The Morgan fingerprint density at radius 1 is 1.37 bits per heavy atom. The van der Waals surface area contributed by atoms with Crippen LogP contribution in [0, 0.1) is 5.41 Å². The van der Waals surface area contributed by atoms with Gasteiger partial charge in [-0.05, 0) is 30.0 Å². The summed E-state index contributed by atoms with van der Waals surface area (Å²) in [6.07, 6.45) is 0.958. The summed E-state index contributed by atoms with van der Waals surface area (Å²) < 4.78 is 0.606. The lowest BCUT2D eigenvalue weighted by Crippen LogP contribution is -2.32. The highest BCUT2D eigenvalue weighted by molar-refractivity contribution is 9.10. The number of hydrogen-bond donors (Lipinski definition) is 3. The first-order valence-corrected chi connectivity index (χ1v) is 6.69. The lowest BCUT2D eigenvalue weighted by atomic mass is 10.2. The average molecular weight is 327 g/mol. The summed E-state index contributed by atoms with van der Waals surface area (Å²) in [5.41, 5.74) is 0.722. The van der Waals surface area contributed by atoms with Gasteiger partial charge in [-0.15, -0.1) is 0 Å². The van der Waals surface area contributed by atoms with Crippen molar-refractivity contribution in [3.8, 4) is 0 Å². The van der Waals surface area contributed by atoms with Gasteiger partial charge in [-0.1, -0.05) is 29.8 Å². The number of nitrogens with one attached hydrogen (secondary N) is 2. The topological polar surface area (TPSA) is 78.4 Å². The number of aromatic carboxylic acids is 1. The van der Waals surface area contributed by atoms with Crippen molar-refractivity contribution in [2.75, 3.05) is 5.32 Å². The number of rotatable bonds is 3. The Hall–Kier alpha value is -1.56. The summed E-state index contributed by atoms with van der Waals surface area (Å²) in [5.74, 6) is -1.03. The minimum absolute atomic E-state index is 0.122. The van der Waals surface area contributed by atoms with Crippen LogP contribution < -0.4 is 10.6 Å². The first-order valence-electron chi connectivity index (χ1n) is 5.89. The number of hydrogen-bond acceptors (Lipinski definition) is 2. The van der Waals surface area contributed by atoms with E-state index >= 15 is 0 Å². The second-order valence-electron chi connectivity index (χ2n) is 5.38. The molecule has 6 heteroatoms. The molecule has 0 aliphatic heterocycles. The normalized spacial score (nSPS) is 19.6. The van der Waals surface area contributed by atoms with E-state index < -0.39 is 5.97 Å². The molecule has 1 saturated carbocycles. The van der Waals surface area contributed by atoms with E-state index in [1.54, 1.807) is 6.07 Å². The molecule has 1 aliphatic carbocycles. The fourth-order valence-electron chi connectivity index (χ4n) is 1.82. The molecule has 0 radical (unpaired) electrons. The Labute approximate surface area is 119 Å². The molecule has 0 saturated heterocycles. The Morgan fingerprint density at radius 2 is 2.00 bits per heavy atom. The molecule has 1 aliphatic rings. The summed E-state index contributed by atoms with van der Waals surface area (Å²) in [6.45, 7) is 4.17. The molecule has 3 N–H and O–H groups in total. The standard InChI is InChI=1S/C13H15BrN2O3/c1-13(2)6-10(13)16-12(19)15-9-4-7(11(17)18)3-8(14)5-9/h3-5,10H,6H2,1-2H3,(H,17,18)(H2,15,16,19). The SMILES string of the molecule is CC1(C)CC1NC(=O)Nc1cc(Br)cc(C(=O)O)c1. The van der Waals surface area contributed by atoms with Crippen molar-refractivity contribution in [3.05, 3.63) is 28.2 Å². The molecule has 19 heavy (non-hydrogen) atoms. The van der Waals surface area contributed by atoms with Gasteiger partial charge in [0, 0.05) is 16.2 Å². The molecule has 1 unspecified atom stereocenters. The zero-order chi connectivity index (χ0) is 14.2. The average Bonchev–Trinajstić information content (AvgIpc) is 2.84. The highest BCUT2D eigenvalue weighted by Crippen LogP contribution is 2.44. The molecule has 1 atom stereocenters. The molecule has 0 spiro atoms. The van der Waals surface area contributed by atoms with E-state index in [1.807, 2.05) is 0 Å². The number of urea groups is 1. The number of carbonyl (C=O) groups is 2. The Balaban J connectivity index is 2.02. The maximum Gasteiger partial charge on any atom is 0.335 e. The highest BCUT2D eigenvalue weighted by atomic mass is 79.9. The van der Waals surface area contributed by atoms with E-state index in [0.29, 0.717) is 10.2 Å². The number of carboxylic acids is 1. The van der Waals surface area contributed by atoms with E-state index in [2.05, 4.69) is 40.4 Å². The first kappa shape index (κ1) is 13.9. The molecule has 2 amide bonds. The van der Waals surface area contributed by atoms with Crippen LogP contribution >= 0.6 is 15.9 Å².